The Balaban J connectivity index is 3.92. The molecule has 0 rings (SSSR count). The minimum Gasteiger partial charge on any atom is -0.465 e. The van der Waals surface area contributed by atoms with Gasteiger partial charge in [0.2, 0.25) is 0 Å². The first-order valence-electron chi connectivity index (χ1n) is 4.14. The lowest BCUT2D eigenvalue weighted by Crippen LogP contribution is -1.98. The standard InChI is InChI=1S/C10H13BrO2/c1-3-4-5-6-7-8-9(11)10(12)13-2/h8H,3-5H2,1-2H3/b9-8+. The number of methoxy groups -OCH3 is 1. The predicted molar refractivity (Wildman–Crippen MR) is 56.3 cm³/mol. The van der Waals surface area contributed by atoms with E-state index in [4.69, 9.17) is 0 Å². The van der Waals surface area contributed by atoms with Crippen molar-refractivity contribution in [2.45, 2.75) is 26.2 Å². The number of rotatable bonds is 3. The van der Waals surface area contributed by atoms with Gasteiger partial charge in [0, 0.05) is 12.5 Å². The fraction of sp³-hybridized carbons (Fsp3) is 0.500. The maximum Gasteiger partial charge on any atom is 0.345 e. The zero-order chi connectivity index (χ0) is 10.1. The van der Waals surface area contributed by atoms with E-state index in [-0.39, 0.29) is 0 Å². The summed E-state index contributed by atoms with van der Waals surface area (Å²) in [5.74, 6) is 5.31. The predicted octanol–water partition coefficient (Wildman–Crippen LogP) is 2.63. The Morgan fingerprint density at radius 2 is 2.31 bits per heavy atom. The molecule has 0 atom stereocenters. The number of hydrogen-bond donors (Lipinski definition) is 0. The van der Waals surface area contributed by atoms with Crippen molar-refractivity contribution in [1.82, 2.24) is 0 Å². The summed E-state index contributed by atoms with van der Waals surface area (Å²) in [5, 5.41) is 0. The average Bonchev–Trinajstić information content (AvgIpc) is 2.16. The maximum atomic E-state index is 10.8. The first kappa shape index (κ1) is 12.2. The number of ether oxygens (including phenoxy) is 1. The number of carbonyl (C=O) groups is 1. The van der Waals surface area contributed by atoms with Gasteiger partial charge in [-0.25, -0.2) is 4.79 Å². The highest BCUT2D eigenvalue weighted by Crippen LogP contribution is 2.05. The summed E-state index contributed by atoms with van der Waals surface area (Å²) in [6.07, 6.45) is 4.61. The molecule has 0 radical (unpaired) electrons. The second-order valence-corrected chi connectivity index (χ2v) is 3.26. The van der Waals surface area contributed by atoms with E-state index in [1.165, 1.54) is 13.2 Å². The van der Waals surface area contributed by atoms with Crippen LogP contribution < -0.4 is 0 Å². The normalized spacial score (nSPS) is 10.2. The second kappa shape index (κ2) is 7.88. The Labute approximate surface area is 87.5 Å². The minimum absolute atomic E-state index is 0.360. The Kier molecular flexibility index (Phi) is 7.42. The fourth-order valence-electron chi connectivity index (χ4n) is 0.608. The Bertz CT molecular complexity index is 245. The van der Waals surface area contributed by atoms with Crippen LogP contribution in [0, 0.1) is 11.8 Å². The number of halogens is 1. The van der Waals surface area contributed by atoms with Gasteiger partial charge in [-0.2, -0.15) is 0 Å². The van der Waals surface area contributed by atoms with E-state index in [0.717, 1.165) is 19.3 Å². The van der Waals surface area contributed by atoms with Crippen LogP contribution in [0.4, 0.5) is 0 Å². The minimum atomic E-state index is -0.398. The highest BCUT2D eigenvalue weighted by Gasteiger charge is 2.02. The van der Waals surface area contributed by atoms with Gasteiger partial charge in [0.1, 0.15) is 4.48 Å². The topological polar surface area (TPSA) is 26.3 Å². The molecule has 0 amide bonds. The molecular formula is C10H13BrO2. The first-order valence-corrected chi connectivity index (χ1v) is 4.94. The van der Waals surface area contributed by atoms with Gasteiger partial charge in [-0.3, -0.25) is 0 Å². The first-order chi connectivity index (χ1) is 6.22. The molecule has 0 saturated carbocycles. The molecule has 0 aliphatic heterocycles. The number of esters is 1. The van der Waals surface area contributed by atoms with Crippen LogP contribution in [0.5, 0.6) is 0 Å². The van der Waals surface area contributed by atoms with Crippen molar-refractivity contribution < 1.29 is 9.53 Å². The van der Waals surface area contributed by atoms with Gasteiger partial charge in [0.15, 0.2) is 0 Å². The van der Waals surface area contributed by atoms with Gasteiger partial charge in [0.05, 0.1) is 7.11 Å². The van der Waals surface area contributed by atoms with Crippen molar-refractivity contribution in [2.24, 2.45) is 0 Å². The Hall–Kier alpha value is -0.750. The summed E-state index contributed by atoms with van der Waals surface area (Å²) in [7, 11) is 1.34. The SMILES string of the molecule is CCCCC#C/C=C(/Br)C(=O)OC. The van der Waals surface area contributed by atoms with E-state index in [1.807, 2.05) is 0 Å². The monoisotopic (exact) mass is 244 g/mol. The van der Waals surface area contributed by atoms with Crippen LogP contribution in [0.15, 0.2) is 10.6 Å². The molecule has 0 aromatic carbocycles. The van der Waals surface area contributed by atoms with Crippen LogP contribution in [0.2, 0.25) is 0 Å². The maximum absolute atomic E-state index is 10.8. The number of carbonyl (C=O) groups excluding carboxylic acids is 1. The third kappa shape index (κ3) is 6.41. The van der Waals surface area contributed by atoms with Crippen LogP contribution in [-0.2, 0) is 9.53 Å². The van der Waals surface area contributed by atoms with Crippen molar-refractivity contribution in [1.29, 1.82) is 0 Å². The molecule has 0 aliphatic rings. The van der Waals surface area contributed by atoms with Crippen molar-refractivity contribution in [3.8, 4) is 11.8 Å². The zero-order valence-electron chi connectivity index (χ0n) is 7.89. The van der Waals surface area contributed by atoms with Crippen molar-refractivity contribution in [2.75, 3.05) is 7.11 Å². The van der Waals surface area contributed by atoms with Crippen LogP contribution >= 0.6 is 15.9 Å². The van der Waals surface area contributed by atoms with Crippen LogP contribution in [-0.4, -0.2) is 13.1 Å². The highest BCUT2D eigenvalue weighted by molar-refractivity contribution is 9.12. The van der Waals surface area contributed by atoms with E-state index in [9.17, 15) is 4.79 Å². The van der Waals surface area contributed by atoms with Gasteiger partial charge in [-0.05, 0) is 22.4 Å². The van der Waals surface area contributed by atoms with Gasteiger partial charge in [-0.15, -0.1) is 0 Å². The molecule has 0 fully saturated rings. The average molecular weight is 245 g/mol. The molecule has 0 aromatic rings. The molecule has 0 aliphatic carbocycles. The summed E-state index contributed by atoms with van der Waals surface area (Å²) in [4.78, 5) is 10.8. The molecule has 0 aromatic heterocycles. The van der Waals surface area contributed by atoms with Crippen molar-refractivity contribution in [3.63, 3.8) is 0 Å². The lowest BCUT2D eigenvalue weighted by Gasteiger charge is -1.92. The number of allylic oxidation sites excluding steroid dienone is 1. The van der Waals surface area contributed by atoms with Crippen LogP contribution in [0.3, 0.4) is 0 Å². The third-order valence-electron chi connectivity index (χ3n) is 1.34. The quantitative estimate of drug-likeness (QED) is 0.330. The Morgan fingerprint density at radius 1 is 1.62 bits per heavy atom. The second-order valence-electron chi connectivity index (χ2n) is 2.41. The summed E-state index contributed by atoms with van der Waals surface area (Å²) in [5.41, 5.74) is 0. The molecule has 2 nitrogen and oxygen atoms in total. The molecule has 0 saturated heterocycles. The fourth-order valence-corrected chi connectivity index (χ4v) is 0.884. The molecule has 0 N–H and O–H groups in total. The van der Waals surface area contributed by atoms with E-state index in [1.54, 1.807) is 0 Å². The molecule has 0 spiro atoms. The van der Waals surface area contributed by atoms with E-state index < -0.39 is 5.97 Å². The largest absolute Gasteiger partial charge is 0.465 e. The van der Waals surface area contributed by atoms with E-state index in [2.05, 4.69) is 39.4 Å². The molecule has 13 heavy (non-hydrogen) atoms. The lowest BCUT2D eigenvalue weighted by atomic mass is 10.2. The molecule has 0 heterocycles. The van der Waals surface area contributed by atoms with Crippen molar-refractivity contribution >= 4 is 21.9 Å². The van der Waals surface area contributed by atoms with E-state index in [0.29, 0.717) is 4.48 Å². The van der Waals surface area contributed by atoms with Crippen LogP contribution in [0.1, 0.15) is 26.2 Å². The zero-order valence-corrected chi connectivity index (χ0v) is 9.48. The molecular weight excluding hydrogens is 232 g/mol. The molecule has 0 unspecified atom stereocenters. The van der Waals surface area contributed by atoms with Crippen molar-refractivity contribution in [3.05, 3.63) is 10.6 Å². The van der Waals surface area contributed by atoms with Gasteiger partial charge in [-0.1, -0.05) is 25.2 Å². The lowest BCUT2D eigenvalue weighted by molar-refractivity contribution is -0.135. The molecule has 0 bridgehead atoms. The van der Waals surface area contributed by atoms with Gasteiger partial charge in [0.25, 0.3) is 0 Å². The number of hydrogen-bond acceptors (Lipinski definition) is 2. The Morgan fingerprint density at radius 3 is 2.85 bits per heavy atom. The van der Waals surface area contributed by atoms with Gasteiger partial charge < -0.3 is 4.74 Å². The van der Waals surface area contributed by atoms with E-state index >= 15 is 0 Å². The van der Waals surface area contributed by atoms with Gasteiger partial charge >= 0.3 is 5.97 Å². The molecule has 3 heteroatoms. The molecule has 72 valence electrons. The summed E-state index contributed by atoms with van der Waals surface area (Å²) in [6.45, 7) is 2.11. The summed E-state index contributed by atoms with van der Waals surface area (Å²) in [6, 6.07) is 0. The third-order valence-corrected chi connectivity index (χ3v) is 1.89. The number of unbranched alkanes of at least 4 members (excludes halogenated alkanes) is 2. The summed E-state index contributed by atoms with van der Waals surface area (Å²) < 4.78 is 4.83. The smallest absolute Gasteiger partial charge is 0.345 e. The van der Waals surface area contributed by atoms with Crippen LogP contribution in [0.25, 0.3) is 0 Å². The highest BCUT2D eigenvalue weighted by atomic mass is 79.9. The summed E-state index contributed by atoms with van der Waals surface area (Å²) >= 11 is 3.06.